The van der Waals surface area contributed by atoms with Gasteiger partial charge in [-0.25, -0.2) is 8.78 Å². The third kappa shape index (κ3) is 3.91. The fourth-order valence-corrected chi connectivity index (χ4v) is 2.66. The summed E-state index contributed by atoms with van der Waals surface area (Å²) in [5.74, 6) is -0.770. The summed E-state index contributed by atoms with van der Waals surface area (Å²) in [6, 6.07) is 2.38. The maximum Gasteiger partial charge on any atom is 0.220 e. The molecule has 1 aromatic carbocycles. The van der Waals surface area contributed by atoms with E-state index in [0.29, 0.717) is 13.0 Å². The van der Waals surface area contributed by atoms with Gasteiger partial charge in [0.1, 0.15) is 17.4 Å². The Bertz CT molecular complexity index is 499. The molecule has 1 heterocycles. The predicted molar refractivity (Wildman–Crippen MR) is 75.0 cm³/mol. The summed E-state index contributed by atoms with van der Waals surface area (Å²) < 4.78 is 32.6. The maximum atomic E-state index is 13.9. The van der Waals surface area contributed by atoms with Gasteiger partial charge in [-0.15, -0.1) is 0 Å². The van der Waals surface area contributed by atoms with E-state index in [9.17, 15) is 13.6 Å². The van der Waals surface area contributed by atoms with E-state index in [1.54, 1.807) is 7.05 Å². The number of hydrogen-bond acceptors (Lipinski definition) is 3. The lowest BCUT2D eigenvalue weighted by molar-refractivity contribution is -0.121. The second-order valence-electron chi connectivity index (χ2n) is 5.34. The first kappa shape index (κ1) is 15.7. The number of likely N-dealkylation sites (tertiary alicyclic amines) is 1. The summed E-state index contributed by atoms with van der Waals surface area (Å²) in [6.45, 7) is 1.64. The molecule has 1 aliphatic rings. The van der Waals surface area contributed by atoms with Gasteiger partial charge < -0.3 is 10.1 Å². The minimum atomic E-state index is -0.596. The summed E-state index contributed by atoms with van der Waals surface area (Å²) >= 11 is 0. The lowest BCUT2D eigenvalue weighted by atomic mass is 10.0. The molecule has 0 aromatic heterocycles. The number of amides is 1. The number of carbonyl (C=O) groups is 1. The average Bonchev–Trinajstić information content (AvgIpc) is 2.89. The Morgan fingerprint density at radius 1 is 1.43 bits per heavy atom. The number of ether oxygens (including phenoxy) is 1. The van der Waals surface area contributed by atoms with Gasteiger partial charge in [-0.05, 0) is 18.9 Å². The molecule has 1 N–H and O–H groups in total. The third-order valence-electron chi connectivity index (χ3n) is 3.85. The van der Waals surface area contributed by atoms with Crippen LogP contribution in [0.2, 0.25) is 0 Å². The van der Waals surface area contributed by atoms with Gasteiger partial charge in [0.05, 0.1) is 7.11 Å². The minimum absolute atomic E-state index is 0.00339. The number of carbonyl (C=O) groups excluding carboxylic acids is 1. The Morgan fingerprint density at radius 3 is 2.67 bits per heavy atom. The van der Waals surface area contributed by atoms with Gasteiger partial charge in [0.25, 0.3) is 0 Å². The zero-order valence-corrected chi connectivity index (χ0v) is 12.3. The van der Waals surface area contributed by atoms with Gasteiger partial charge in [0.2, 0.25) is 5.91 Å². The number of rotatable bonds is 5. The van der Waals surface area contributed by atoms with Crippen LogP contribution < -0.4 is 10.1 Å². The smallest absolute Gasteiger partial charge is 0.220 e. The van der Waals surface area contributed by atoms with Crippen molar-refractivity contribution in [3.63, 3.8) is 0 Å². The second kappa shape index (κ2) is 6.85. The van der Waals surface area contributed by atoms with E-state index in [2.05, 4.69) is 5.32 Å². The first-order valence-corrected chi connectivity index (χ1v) is 6.98. The van der Waals surface area contributed by atoms with Crippen molar-refractivity contribution in [1.29, 1.82) is 0 Å². The first-order valence-electron chi connectivity index (χ1n) is 6.98. The molecule has 0 saturated carbocycles. The Morgan fingerprint density at radius 2 is 2.10 bits per heavy atom. The van der Waals surface area contributed by atoms with E-state index in [1.807, 2.05) is 4.90 Å². The minimum Gasteiger partial charge on any atom is -0.497 e. The molecule has 0 radical (unpaired) electrons. The Balaban J connectivity index is 1.99. The zero-order valence-electron chi connectivity index (χ0n) is 12.3. The molecule has 21 heavy (non-hydrogen) atoms. The molecule has 0 bridgehead atoms. The molecule has 1 fully saturated rings. The van der Waals surface area contributed by atoms with E-state index >= 15 is 0 Å². The summed E-state index contributed by atoms with van der Waals surface area (Å²) in [4.78, 5) is 13.3. The molecular weight excluding hydrogens is 278 g/mol. The molecule has 2 rings (SSSR count). The van der Waals surface area contributed by atoms with Gasteiger partial charge in [-0.2, -0.15) is 0 Å². The van der Waals surface area contributed by atoms with Crippen LogP contribution in [-0.2, 0) is 11.3 Å². The number of halogens is 2. The van der Waals surface area contributed by atoms with Gasteiger partial charge in [0, 0.05) is 44.3 Å². The van der Waals surface area contributed by atoms with E-state index in [4.69, 9.17) is 4.74 Å². The lowest BCUT2D eigenvalue weighted by Crippen LogP contribution is -2.25. The summed E-state index contributed by atoms with van der Waals surface area (Å²) in [6.07, 6.45) is 1.33. The van der Waals surface area contributed by atoms with Crippen LogP contribution in [-0.4, -0.2) is 38.1 Å². The number of nitrogens with zero attached hydrogens (tertiary/aromatic N) is 1. The van der Waals surface area contributed by atoms with Crippen molar-refractivity contribution in [2.75, 3.05) is 27.2 Å². The molecular formula is C15H20F2N2O2. The molecule has 1 aromatic rings. The lowest BCUT2D eigenvalue weighted by Gasteiger charge is -2.17. The average molecular weight is 298 g/mol. The third-order valence-corrected chi connectivity index (χ3v) is 3.85. The number of methoxy groups -OCH3 is 1. The summed E-state index contributed by atoms with van der Waals surface area (Å²) in [7, 11) is 2.98. The van der Waals surface area contributed by atoms with Crippen LogP contribution in [0.4, 0.5) is 8.78 Å². The Labute approximate surface area is 123 Å². The highest BCUT2D eigenvalue weighted by Gasteiger charge is 2.26. The molecule has 0 aliphatic carbocycles. The van der Waals surface area contributed by atoms with Crippen LogP contribution in [0, 0.1) is 17.6 Å². The Hall–Kier alpha value is -1.69. The fourth-order valence-electron chi connectivity index (χ4n) is 2.66. The summed E-state index contributed by atoms with van der Waals surface area (Å²) in [5.41, 5.74) is 0.0522. The van der Waals surface area contributed by atoms with Crippen molar-refractivity contribution in [3.05, 3.63) is 29.3 Å². The van der Waals surface area contributed by atoms with Gasteiger partial charge in [-0.3, -0.25) is 9.69 Å². The van der Waals surface area contributed by atoms with E-state index < -0.39 is 11.6 Å². The number of hydrogen-bond donors (Lipinski definition) is 1. The van der Waals surface area contributed by atoms with Crippen LogP contribution in [0.3, 0.4) is 0 Å². The standard InChI is InChI=1S/C15H20F2N2O2/c1-18-15(20)5-10-3-4-19(8-10)9-12-13(16)6-11(21-2)7-14(12)17/h6-7,10H,3-5,8-9H2,1-2H3,(H,18,20)/t10-/m1/s1. The van der Waals surface area contributed by atoms with Crippen LogP contribution in [0.25, 0.3) is 0 Å². The van der Waals surface area contributed by atoms with Crippen LogP contribution in [0.5, 0.6) is 5.75 Å². The predicted octanol–water partition coefficient (Wildman–Crippen LogP) is 1.93. The highest BCUT2D eigenvalue weighted by molar-refractivity contribution is 5.75. The molecule has 1 atom stereocenters. The normalized spacial score (nSPS) is 18.8. The van der Waals surface area contributed by atoms with Crippen LogP contribution in [0.15, 0.2) is 12.1 Å². The van der Waals surface area contributed by atoms with Crippen molar-refractivity contribution >= 4 is 5.91 Å². The molecule has 4 nitrogen and oxygen atoms in total. The molecule has 116 valence electrons. The van der Waals surface area contributed by atoms with Crippen LogP contribution >= 0.6 is 0 Å². The highest BCUT2D eigenvalue weighted by atomic mass is 19.1. The zero-order chi connectivity index (χ0) is 15.4. The van der Waals surface area contributed by atoms with Gasteiger partial charge in [-0.1, -0.05) is 0 Å². The maximum absolute atomic E-state index is 13.9. The van der Waals surface area contributed by atoms with E-state index in [1.165, 1.54) is 19.2 Å². The van der Waals surface area contributed by atoms with Crippen molar-refractivity contribution in [1.82, 2.24) is 10.2 Å². The number of nitrogens with one attached hydrogen (secondary N) is 1. The molecule has 0 spiro atoms. The molecule has 1 amide bonds. The number of benzene rings is 1. The topological polar surface area (TPSA) is 41.6 Å². The largest absolute Gasteiger partial charge is 0.497 e. The molecule has 1 aliphatic heterocycles. The highest BCUT2D eigenvalue weighted by Crippen LogP contribution is 2.25. The summed E-state index contributed by atoms with van der Waals surface area (Å²) in [5, 5.41) is 2.60. The Kier molecular flexibility index (Phi) is 5.12. The van der Waals surface area contributed by atoms with Gasteiger partial charge in [0.15, 0.2) is 0 Å². The van der Waals surface area contributed by atoms with E-state index in [0.717, 1.165) is 13.0 Å². The first-order chi connectivity index (χ1) is 10.0. The van der Waals surface area contributed by atoms with E-state index in [-0.39, 0.29) is 29.7 Å². The quantitative estimate of drug-likeness (QED) is 0.903. The fraction of sp³-hybridized carbons (Fsp3) is 0.533. The van der Waals surface area contributed by atoms with Crippen LogP contribution in [0.1, 0.15) is 18.4 Å². The van der Waals surface area contributed by atoms with Crippen molar-refractivity contribution in [3.8, 4) is 5.75 Å². The SMILES string of the molecule is CNC(=O)C[C@H]1CCN(Cc2c(F)cc(OC)cc2F)C1. The monoisotopic (exact) mass is 298 g/mol. The van der Waals surface area contributed by atoms with Crippen molar-refractivity contribution in [2.24, 2.45) is 5.92 Å². The molecule has 6 heteroatoms. The van der Waals surface area contributed by atoms with Crippen molar-refractivity contribution in [2.45, 2.75) is 19.4 Å². The van der Waals surface area contributed by atoms with Gasteiger partial charge >= 0.3 is 0 Å². The van der Waals surface area contributed by atoms with Crippen molar-refractivity contribution < 1.29 is 18.3 Å². The molecule has 1 saturated heterocycles. The second-order valence-corrected chi connectivity index (χ2v) is 5.34. The molecule has 0 unspecified atom stereocenters.